The molecule has 0 bridgehead atoms. The summed E-state index contributed by atoms with van der Waals surface area (Å²) in [4.78, 5) is 36.9. The van der Waals surface area contributed by atoms with Crippen LogP contribution < -0.4 is 4.90 Å². The highest BCUT2D eigenvalue weighted by Crippen LogP contribution is 2.42. The molecule has 152 valence electrons. The van der Waals surface area contributed by atoms with Crippen LogP contribution in [0.2, 0.25) is 0 Å². The molecule has 4 rings (SSSR count). The summed E-state index contributed by atoms with van der Waals surface area (Å²) in [5, 5.41) is 11.5. The zero-order chi connectivity index (χ0) is 21.4. The molecule has 7 heteroatoms. The summed E-state index contributed by atoms with van der Waals surface area (Å²) in [5.41, 5.74) is 3.11. The molecule has 1 N–H and O–H groups in total. The third-order valence-corrected chi connectivity index (χ3v) is 6.28. The zero-order valence-corrected chi connectivity index (χ0v) is 17.7. The third kappa shape index (κ3) is 3.31. The predicted octanol–water partition coefficient (Wildman–Crippen LogP) is 4.50. The Morgan fingerprint density at radius 2 is 1.80 bits per heavy atom. The molecule has 1 aliphatic heterocycles. The lowest BCUT2D eigenvalue weighted by atomic mass is 9.95. The van der Waals surface area contributed by atoms with Crippen LogP contribution >= 0.6 is 11.3 Å². The third-order valence-electron chi connectivity index (χ3n) is 5.21. The highest BCUT2D eigenvalue weighted by Gasteiger charge is 2.45. The molecule has 0 saturated carbocycles. The van der Waals surface area contributed by atoms with E-state index < -0.39 is 17.7 Å². The van der Waals surface area contributed by atoms with E-state index in [-0.39, 0.29) is 11.4 Å². The molecule has 1 amide bonds. The Kier molecular flexibility index (Phi) is 5.22. The quantitative estimate of drug-likeness (QED) is 0.616. The van der Waals surface area contributed by atoms with Crippen LogP contribution in [0.3, 0.4) is 0 Å². The number of pyridine rings is 1. The van der Waals surface area contributed by atoms with E-state index in [4.69, 9.17) is 0 Å². The number of aromatic nitrogens is 2. The molecule has 30 heavy (non-hydrogen) atoms. The van der Waals surface area contributed by atoms with E-state index in [0.717, 1.165) is 17.0 Å². The van der Waals surface area contributed by atoms with Crippen LogP contribution in [0.1, 0.15) is 44.5 Å². The van der Waals surface area contributed by atoms with Gasteiger partial charge < -0.3 is 5.11 Å². The van der Waals surface area contributed by atoms with Gasteiger partial charge in [-0.15, -0.1) is 11.3 Å². The van der Waals surface area contributed by atoms with Crippen molar-refractivity contribution in [2.45, 2.75) is 33.2 Å². The van der Waals surface area contributed by atoms with E-state index in [2.05, 4.69) is 16.9 Å². The van der Waals surface area contributed by atoms with Crippen LogP contribution in [0.5, 0.6) is 0 Å². The van der Waals surface area contributed by atoms with Gasteiger partial charge in [-0.05, 0) is 55.7 Å². The first kappa shape index (κ1) is 20.0. The minimum atomic E-state index is -0.748. The number of carbonyl (C=O) groups is 2. The van der Waals surface area contributed by atoms with Crippen molar-refractivity contribution in [2.24, 2.45) is 0 Å². The molecule has 0 saturated heterocycles. The molecule has 0 spiro atoms. The number of rotatable bonds is 5. The standard InChI is InChI=1S/C23H21N3O3S/c1-4-15-5-7-17(8-6-15)26-19(16-9-11-24-12-10-16)18(21(28)23(26)29)20(27)22-13(2)25-14(3)30-22/h5-12,19,28H,4H2,1-3H3. The molecular formula is C23H21N3O3S. The summed E-state index contributed by atoms with van der Waals surface area (Å²) in [7, 11) is 0. The van der Waals surface area contributed by atoms with Gasteiger partial charge in [0.1, 0.15) is 0 Å². The van der Waals surface area contributed by atoms with Crippen molar-refractivity contribution in [1.29, 1.82) is 0 Å². The highest BCUT2D eigenvalue weighted by atomic mass is 32.1. The Balaban J connectivity index is 1.86. The highest BCUT2D eigenvalue weighted by molar-refractivity contribution is 7.14. The van der Waals surface area contributed by atoms with E-state index in [1.54, 1.807) is 31.5 Å². The number of ketones is 1. The van der Waals surface area contributed by atoms with E-state index in [9.17, 15) is 14.7 Å². The van der Waals surface area contributed by atoms with Gasteiger partial charge in [-0.2, -0.15) is 0 Å². The van der Waals surface area contributed by atoms with E-state index >= 15 is 0 Å². The predicted molar refractivity (Wildman–Crippen MR) is 116 cm³/mol. The number of carbonyl (C=O) groups excluding carboxylic acids is 2. The molecule has 1 unspecified atom stereocenters. The van der Waals surface area contributed by atoms with Gasteiger partial charge in [0.25, 0.3) is 5.91 Å². The number of Topliss-reactive ketones (excluding diaryl/α,β-unsaturated/α-hetero) is 1. The SMILES string of the molecule is CCc1ccc(N2C(=O)C(O)=C(C(=O)c3sc(C)nc3C)C2c2ccncc2)cc1. The number of aliphatic hydroxyl groups is 1. The Hall–Kier alpha value is -3.32. The maximum absolute atomic E-state index is 13.5. The summed E-state index contributed by atoms with van der Waals surface area (Å²) < 4.78 is 0. The summed E-state index contributed by atoms with van der Waals surface area (Å²) in [6.45, 7) is 5.64. The number of hydrogen-bond acceptors (Lipinski definition) is 6. The monoisotopic (exact) mass is 419 g/mol. The molecular weight excluding hydrogens is 398 g/mol. The average molecular weight is 420 g/mol. The Labute approximate surface area is 178 Å². The molecule has 2 aromatic heterocycles. The molecule has 0 radical (unpaired) electrons. The molecule has 3 aromatic rings. The molecule has 1 atom stereocenters. The fraction of sp³-hybridized carbons (Fsp3) is 0.217. The van der Waals surface area contributed by atoms with E-state index in [1.807, 2.05) is 31.2 Å². The molecule has 3 heterocycles. The number of anilines is 1. The number of aliphatic hydroxyl groups excluding tert-OH is 1. The average Bonchev–Trinajstić information content (AvgIpc) is 3.24. The summed E-state index contributed by atoms with van der Waals surface area (Å²) in [5.74, 6) is -1.49. The van der Waals surface area contributed by atoms with Crippen LogP contribution in [-0.2, 0) is 11.2 Å². The van der Waals surface area contributed by atoms with Gasteiger partial charge in [0.05, 0.1) is 27.2 Å². The van der Waals surface area contributed by atoms with Crippen LogP contribution in [0.25, 0.3) is 0 Å². The van der Waals surface area contributed by atoms with Gasteiger partial charge in [0.15, 0.2) is 5.76 Å². The number of thiazole rings is 1. The fourth-order valence-electron chi connectivity index (χ4n) is 3.72. The maximum Gasteiger partial charge on any atom is 0.294 e. The Morgan fingerprint density at radius 1 is 1.13 bits per heavy atom. The molecule has 1 aliphatic rings. The topological polar surface area (TPSA) is 83.4 Å². The number of hydrogen-bond donors (Lipinski definition) is 1. The second-order valence-corrected chi connectivity index (χ2v) is 8.32. The smallest absolute Gasteiger partial charge is 0.294 e. The summed E-state index contributed by atoms with van der Waals surface area (Å²) in [6.07, 6.45) is 4.09. The lowest BCUT2D eigenvalue weighted by molar-refractivity contribution is -0.117. The summed E-state index contributed by atoms with van der Waals surface area (Å²) >= 11 is 1.26. The van der Waals surface area contributed by atoms with Gasteiger partial charge in [-0.3, -0.25) is 19.5 Å². The van der Waals surface area contributed by atoms with Crippen molar-refractivity contribution < 1.29 is 14.7 Å². The van der Waals surface area contributed by atoms with Crippen molar-refractivity contribution in [2.75, 3.05) is 4.90 Å². The number of nitrogens with zero attached hydrogens (tertiary/aromatic N) is 3. The maximum atomic E-state index is 13.5. The Bertz CT molecular complexity index is 1150. The molecule has 6 nitrogen and oxygen atoms in total. The lowest BCUT2D eigenvalue weighted by Crippen LogP contribution is -2.31. The van der Waals surface area contributed by atoms with Crippen molar-refractivity contribution in [3.05, 3.63) is 86.8 Å². The second kappa shape index (κ2) is 7.84. The van der Waals surface area contributed by atoms with Gasteiger partial charge in [-0.1, -0.05) is 19.1 Å². The van der Waals surface area contributed by atoms with Gasteiger partial charge >= 0.3 is 0 Å². The first-order valence-corrected chi connectivity index (χ1v) is 10.5. The summed E-state index contributed by atoms with van der Waals surface area (Å²) in [6, 6.07) is 10.3. The minimum absolute atomic E-state index is 0.0671. The molecule has 0 aliphatic carbocycles. The van der Waals surface area contributed by atoms with Crippen LogP contribution in [0, 0.1) is 13.8 Å². The van der Waals surface area contributed by atoms with Crippen molar-refractivity contribution in [1.82, 2.24) is 9.97 Å². The van der Waals surface area contributed by atoms with Crippen LogP contribution in [-0.4, -0.2) is 26.8 Å². The fourth-order valence-corrected chi connectivity index (χ4v) is 4.60. The zero-order valence-electron chi connectivity index (χ0n) is 16.9. The van der Waals surface area contributed by atoms with Crippen LogP contribution in [0.4, 0.5) is 5.69 Å². The Morgan fingerprint density at radius 3 is 2.37 bits per heavy atom. The largest absolute Gasteiger partial charge is 0.503 e. The lowest BCUT2D eigenvalue weighted by Gasteiger charge is -2.27. The number of amides is 1. The number of benzene rings is 1. The molecule has 0 fully saturated rings. The molecule has 1 aromatic carbocycles. The van der Waals surface area contributed by atoms with Crippen molar-refractivity contribution in [3.8, 4) is 0 Å². The van der Waals surface area contributed by atoms with E-state index in [1.165, 1.54) is 16.2 Å². The first-order chi connectivity index (χ1) is 14.4. The van der Waals surface area contributed by atoms with Crippen LogP contribution in [0.15, 0.2) is 60.1 Å². The second-order valence-electron chi connectivity index (χ2n) is 7.12. The normalized spacial score (nSPS) is 16.4. The first-order valence-electron chi connectivity index (χ1n) is 9.66. The minimum Gasteiger partial charge on any atom is -0.503 e. The van der Waals surface area contributed by atoms with E-state index in [0.29, 0.717) is 21.8 Å². The van der Waals surface area contributed by atoms with Gasteiger partial charge in [0, 0.05) is 18.1 Å². The van der Waals surface area contributed by atoms with Crippen molar-refractivity contribution in [3.63, 3.8) is 0 Å². The van der Waals surface area contributed by atoms with Crippen molar-refractivity contribution >= 4 is 28.7 Å². The van der Waals surface area contributed by atoms with Gasteiger partial charge in [0.2, 0.25) is 5.78 Å². The van der Waals surface area contributed by atoms with Gasteiger partial charge in [-0.25, -0.2) is 4.98 Å². The number of aryl methyl sites for hydroxylation is 3.